The van der Waals surface area contributed by atoms with Crippen LogP contribution in [0.4, 0.5) is 5.88 Å². The third-order valence-corrected chi connectivity index (χ3v) is 9.20. The van der Waals surface area contributed by atoms with Crippen LogP contribution in [0.3, 0.4) is 0 Å². The van der Waals surface area contributed by atoms with E-state index >= 15 is 0 Å². The lowest BCUT2D eigenvalue weighted by molar-refractivity contribution is -0.142. The molecule has 0 bridgehead atoms. The summed E-state index contributed by atoms with van der Waals surface area (Å²) < 4.78 is 36.9. The molecule has 0 radical (unpaired) electrons. The van der Waals surface area contributed by atoms with Gasteiger partial charge in [0, 0.05) is 43.5 Å². The molecule has 11 nitrogen and oxygen atoms in total. The molecule has 0 saturated carbocycles. The smallest absolute Gasteiger partial charge is 0.264 e. The van der Waals surface area contributed by atoms with Crippen molar-refractivity contribution in [3.05, 3.63) is 83.3 Å². The number of anilines is 1. The van der Waals surface area contributed by atoms with Crippen LogP contribution in [0.1, 0.15) is 62.4 Å². The summed E-state index contributed by atoms with van der Waals surface area (Å²) in [5, 5.41) is 11.0. The Bertz CT molecular complexity index is 1730. The van der Waals surface area contributed by atoms with Crippen molar-refractivity contribution in [2.75, 3.05) is 11.8 Å². The fraction of sp³-hybridized carbons (Fsp3) is 0.394. The molecule has 0 aliphatic heterocycles. The van der Waals surface area contributed by atoms with Crippen LogP contribution in [-0.2, 0) is 32.7 Å². The number of sulfonamides is 1. The molecule has 0 unspecified atom stereocenters. The third kappa shape index (κ3) is 7.80. The zero-order valence-electron chi connectivity index (χ0n) is 26.7. The SMILES string of the molecule is CCCCC(=O)N(Cc1ccc(-c2ccccc2S(=O)(=O)Nc2onc(C)c2C)c(Cn2cccn2)c1)[C@H](C(=O)NC)C(C)C. The number of aryl methyl sites for hydroxylation is 1. The summed E-state index contributed by atoms with van der Waals surface area (Å²) in [4.78, 5) is 28.2. The van der Waals surface area contributed by atoms with Gasteiger partial charge in [-0.1, -0.05) is 68.7 Å². The van der Waals surface area contributed by atoms with Crippen molar-refractivity contribution >= 4 is 27.7 Å². The molecule has 0 aliphatic rings. The molecule has 2 heterocycles. The second-order valence-corrected chi connectivity index (χ2v) is 13.1. The molecule has 4 aromatic rings. The minimum atomic E-state index is -4.07. The topological polar surface area (TPSA) is 139 Å². The van der Waals surface area contributed by atoms with Gasteiger partial charge in [-0.05, 0) is 55.0 Å². The Morgan fingerprint density at radius 1 is 1.07 bits per heavy atom. The third-order valence-electron chi connectivity index (χ3n) is 7.81. The largest absolute Gasteiger partial charge is 0.357 e. The molecule has 4 rings (SSSR count). The summed E-state index contributed by atoms with van der Waals surface area (Å²) in [5.74, 6) is -0.345. The highest BCUT2D eigenvalue weighted by Gasteiger charge is 2.32. The number of carbonyl (C=O) groups excluding carboxylic acids is 2. The molecule has 12 heteroatoms. The number of unbranched alkanes of at least 4 members (excludes halogenated alkanes) is 1. The van der Waals surface area contributed by atoms with Gasteiger partial charge in [-0.3, -0.25) is 14.3 Å². The number of nitrogens with one attached hydrogen (secondary N) is 2. The summed E-state index contributed by atoms with van der Waals surface area (Å²) in [6.07, 6.45) is 5.44. The lowest BCUT2D eigenvalue weighted by Crippen LogP contribution is -2.51. The minimum Gasteiger partial charge on any atom is -0.357 e. The van der Waals surface area contributed by atoms with E-state index in [2.05, 4.69) is 20.3 Å². The van der Waals surface area contributed by atoms with E-state index in [0.717, 1.165) is 24.0 Å². The van der Waals surface area contributed by atoms with Crippen LogP contribution in [0.15, 0.2) is 70.3 Å². The zero-order valence-corrected chi connectivity index (χ0v) is 27.5. The van der Waals surface area contributed by atoms with Gasteiger partial charge in [-0.2, -0.15) is 5.10 Å². The van der Waals surface area contributed by atoms with Gasteiger partial charge in [0.25, 0.3) is 10.0 Å². The van der Waals surface area contributed by atoms with Gasteiger partial charge < -0.3 is 14.7 Å². The van der Waals surface area contributed by atoms with Crippen molar-refractivity contribution in [3.8, 4) is 11.1 Å². The summed E-state index contributed by atoms with van der Waals surface area (Å²) in [5.41, 5.74) is 4.00. The normalized spacial score (nSPS) is 12.2. The van der Waals surface area contributed by atoms with E-state index in [4.69, 9.17) is 4.52 Å². The minimum absolute atomic E-state index is 0.0677. The van der Waals surface area contributed by atoms with Gasteiger partial charge in [0.1, 0.15) is 6.04 Å². The molecule has 2 N–H and O–H groups in total. The number of likely N-dealkylation sites (N-methyl/N-ethyl adjacent to an activating group) is 1. The van der Waals surface area contributed by atoms with Gasteiger partial charge in [0.2, 0.25) is 17.7 Å². The van der Waals surface area contributed by atoms with Gasteiger partial charge in [-0.15, -0.1) is 0 Å². The molecule has 2 amide bonds. The van der Waals surface area contributed by atoms with Gasteiger partial charge in [-0.25, -0.2) is 13.1 Å². The number of aromatic nitrogens is 3. The number of hydrogen-bond donors (Lipinski definition) is 2. The van der Waals surface area contributed by atoms with Crippen LogP contribution < -0.4 is 10.0 Å². The van der Waals surface area contributed by atoms with Crippen LogP contribution >= 0.6 is 0 Å². The molecule has 0 fully saturated rings. The number of rotatable bonds is 14. The van der Waals surface area contributed by atoms with Crippen molar-refractivity contribution in [2.24, 2.45) is 5.92 Å². The molecular weight excluding hydrogens is 592 g/mol. The van der Waals surface area contributed by atoms with Crippen molar-refractivity contribution in [1.29, 1.82) is 0 Å². The maximum absolute atomic E-state index is 13.7. The Morgan fingerprint density at radius 3 is 2.44 bits per heavy atom. The lowest BCUT2D eigenvalue weighted by atomic mass is 9.95. The Labute approximate surface area is 265 Å². The molecule has 0 aliphatic carbocycles. The molecule has 45 heavy (non-hydrogen) atoms. The first-order valence-electron chi connectivity index (χ1n) is 15.1. The van der Waals surface area contributed by atoms with E-state index in [9.17, 15) is 18.0 Å². The fourth-order valence-electron chi connectivity index (χ4n) is 5.28. The van der Waals surface area contributed by atoms with Gasteiger partial charge in [0.05, 0.1) is 17.1 Å². The highest BCUT2D eigenvalue weighted by Crippen LogP contribution is 2.33. The van der Waals surface area contributed by atoms with E-state index in [1.54, 1.807) is 60.9 Å². The molecule has 240 valence electrons. The summed E-state index contributed by atoms with van der Waals surface area (Å²) >= 11 is 0. The first-order valence-corrected chi connectivity index (χ1v) is 16.6. The molecule has 1 atom stereocenters. The van der Waals surface area contributed by atoms with E-state index in [1.165, 1.54) is 0 Å². The highest BCUT2D eigenvalue weighted by atomic mass is 32.2. The monoisotopic (exact) mass is 634 g/mol. The van der Waals surface area contributed by atoms with E-state index in [-0.39, 0.29) is 35.1 Å². The summed E-state index contributed by atoms with van der Waals surface area (Å²) in [7, 11) is -2.49. The molecule has 2 aromatic carbocycles. The predicted octanol–water partition coefficient (Wildman–Crippen LogP) is 5.29. The average Bonchev–Trinajstić information content (AvgIpc) is 3.64. The number of nitrogens with zero attached hydrogens (tertiary/aromatic N) is 4. The summed E-state index contributed by atoms with van der Waals surface area (Å²) in [6, 6.07) is 13.6. The Morgan fingerprint density at radius 2 is 1.82 bits per heavy atom. The van der Waals surface area contributed by atoms with Crippen LogP contribution in [0.2, 0.25) is 0 Å². The fourth-order valence-corrected chi connectivity index (χ4v) is 6.55. The Hall–Kier alpha value is -4.45. The van der Waals surface area contributed by atoms with Gasteiger partial charge >= 0.3 is 0 Å². The quantitative estimate of drug-likeness (QED) is 0.192. The van der Waals surface area contributed by atoms with Crippen LogP contribution in [0.25, 0.3) is 11.1 Å². The number of benzene rings is 2. The highest BCUT2D eigenvalue weighted by molar-refractivity contribution is 7.92. The standard InChI is InChI=1S/C33H42N6O5S/c1-7-8-14-30(40)39(31(22(2)3)32(41)34-6)20-25-15-16-27(26(19-25)21-38-18-11-17-35-38)28-12-9-10-13-29(28)45(42,43)37-33-23(4)24(5)36-44-33/h9-13,15-19,22,31,37H,7-8,14,20-21H2,1-6H3,(H,34,41)/t31-/m0/s1. The number of carbonyl (C=O) groups is 2. The Kier molecular flexibility index (Phi) is 10.8. The van der Waals surface area contributed by atoms with Crippen molar-refractivity contribution in [1.82, 2.24) is 25.2 Å². The number of hydrogen-bond acceptors (Lipinski definition) is 7. The van der Waals surface area contributed by atoms with Crippen molar-refractivity contribution in [2.45, 2.75) is 77.9 Å². The average molecular weight is 635 g/mol. The second kappa shape index (κ2) is 14.6. The molecule has 2 aromatic heterocycles. The van der Waals surface area contributed by atoms with Crippen LogP contribution in [0, 0.1) is 19.8 Å². The zero-order chi connectivity index (χ0) is 32.7. The molecular formula is C33H42N6O5S. The lowest BCUT2D eigenvalue weighted by Gasteiger charge is -2.33. The van der Waals surface area contributed by atoms with E-state index in [1.807, 2.05) is 51.2 Å². The van der Waals surface area contributed by atoms with E-state index in [0.29, 0.717) is 35.3 Å². The van der Waals surface area contributed by atoms with Crippen LogP contribution in [0.5, 0.6) is 0 Å². The summed E-state index contributed by atoms with van der Waals surface area (Å²) in [6.45, 7) is 9.93. The van der Waals surface area contributed by atoms with Crippen molar-refractivity contribution < 1.29 is 22.5 Å². The van der Waals surface area contributed by atoms with Crippen LogP contribution in [-0.4, -0.2) is 53.2 Å². The maximum atomic E-state index is 13.7. The molecule has 0 spiro atoms. The Balaban J connectivity index is 1.79. The van der Waals surface area contributed by atoms with Crippen molar-refractivity contribution in [3.63, 3.8) is 0 Å². The number of amides is 2. The molecule has 0 saturated heterocycles. The predicted molar refractivity (Wildman–Crippen MR) is 173 cm³/mol. The first-order chi connectivity index (χ1) is 21.5. The van der Waals surface area contributed by atoms with E-state index < -0.39 is 16.1 Å². The first kappa shape index (κ1) is 33.4. The maximum Gasteiger partial charge on any atom is 0.264 e. The second-order valence-electron chi connectivity index (χ2n) is 11.4. The van der Waals surface area contributed by atoms with Gasteiger partial charge in [0.15, 0.2) is 0 Å².